The van der Waals surface area contributed by atoms with E-state index in [2.05, 4.69) is 33.0 Å². The third kappa shape index (κ3) is 5.45. The molecule has 0 aliphatic carbocycles. The highest BCUT2D eigenvalue weighted by molar-refractivity contribution is 6.31. The molecule has 19 heavy (non-hydrogen) atoms. The fourth-order valence-corrected chi connectivity index (χ4v) is 2.04. The molecule has 1 nitrogen and oxygen atoms in total. The van der Waals surface area contributed by atoms with Crippen LogP contribution in [0, 0.1) is 17.0 Å². The van der Waals surface area contributed by atoms with Gasteiger partial charge in [0.25, 0.3) is 0 Å². The van der Waals surface area contributed by atoms with Gasteiger partial charge in [-0.2, -0.15) is 0 Å². The molecule has 0 aliphatic heterocycles. The normalized spacial score (nSPS) is 12.2. The van der Waals surface area contributed by atoms with Gasteiger partial charge in [0.15, 0.2) is 11.6 Å². The van der Waals surface area contributed by atoms with E-state index in [0.717, 1.165) is 19.0 Å². The standard InChI is InChI=1S/C15H22ClF2N/c1-10(2)19-9-15(3,4)6-5-11-7-13(17)14(18)8-12(11)16/h7-8,10,19H,5-6,9H2,1-4H3. The highest BCUT2D eigenvalue weighted by Gasteiger charge is 2.19. The minimum Gasteiger partial charge on any atom is -0.314 e. The minimum atomic E-state index is -0.894. The zero-order chi connectivity index (χ0) is 14.6. The van der Waals surface area contributed by atoms with Gasteiger partial charge in [-0.05, 0) is 36.0 Å². The lowest BCUT2D eigenvalue weighted by Crippen LogP contribution is -2.34. The van der Waals surface area contributed by atoms with Crippen LogP contribution in [0.4, 0.5) is 8.78 Å². The van der Waals surface area contributed by atoms with Gasteiger partial charge >= 0.3 is 0 Å². The third-order valence-corrected chi connectivity index (χ3v) is 3.50. The molecule has 1 aromatic rings. The quantitative estimate of drug-likeness (QED) is 0.756. The molecular weight excluding hydrogens is 268 g/mol. The van der Waals surface area contributed by atoms with Crippen molar-refractivity contribution in [3.8, 4) is 0 Å². The lowest BCUT2D eigenvalue weighted by Gasteiger charge is -2.26. The van der Waals surface area contributed by atoms with E-state index in [0.29, 0.717) is 23.0 Å². The molecule has 0 radical (unpaired) electrons. The molecule has 0 fully saturated rings. The molecule has 1 N–H and O–H groups in total. The van der Waals surface area contributed by atoms with Crippen LogP contribution in [0.2, 0.25) is 5.02 Å². The van der Waals surface area contributed by atoms with Crippen molar-refractivity contribution in [3.05, 3.63) is 34.4 Å². The molecule has 0 aromatic heterocycles. The smallest absolute Gasteiger partial charge is 0.160 e. The summed E-state index contributed by atoms with van der Waals surface area (Å²) in [7, 11) is 0. The second kappa shape index (κ2) is 6.67. The summed E-state index contributed by atoms with van der Waals surface area (Å²) in [6, 6.07) is 2.68. The zero-order valence-corrected chi connectivity index (χ0v) is 12.7. The maximum Gasteiger partial charge on any atom is 0.160 e. The van der Waals surface area contributed by atoms with Gasteiger partial charge in [-0.3, -0.25) is 0 Å². The van der Waals surface area contributed by atoms with Gasteiger partial charge in [0.1, 0.15) is 0 Å². The molecule has 1 aromatic carbocycles. The molecule has 0 spiro atoms. The largest absolute Gasteiger partial charge is 0.314 e. The average Bonchev–Trinajstić information content (AvgIpc) is 2.30. The van der Waals surface area contributed by atoms with E-state index < -0.39 is 11.6 Å². The van der Waals surface area contributed by atoms with Crippen LogP contribution in [0.5, 0.6) is 0 Å². The summed E-state index contributed by atoms with van der Waals surface area (Å²) in [5.41, 5.74) is 0.747. The molecule has 0 atom stereocenters. The van der Waals surface area contributed by atoms with Crippen molar-refractivity contribution in [1.29, 1.82) is 0 Å². The van der Waals surface area contributed by atoms with Gasteiger partial charge in [-0.1, -0.05) is 39.3 Å². The summed E-state index contributed by atoms with van der Waals surface area (Å²) < 4.78 is 26.2. The monoisotopic (exact) mass is 289 g/mol. The Kier molecular flexibility index (Phi) is 5.75. The van der Waals surface area contributed by atoms with Gasteiger partial charge in [0.05, 0.1) is 0 Å². The van der Waals surface area contributed by atoms with Crippen molar-refractivity contribution in [2.45, 2.75) is 46.6 Å². The SMILES string of the molecule is CC(C)NCC(C)(C)CCc1cc(F)c(F)cc1Cl. The maximum atomic E-state index is 13.2. The number of aryl methyl sites for hydroxylation is 1. The molecule has 4 heteroatoms. The van der Waals surface area contributed by atoms with Crippen molar-refractivity contribution in [2.75, 3.05) is 6.54 Å². The van der Waals surface area contributed by atoms with Crippen LogP contribution < -0.4 is 5.32 Å². The van der Waals surface area contributed by atoms with Crippen molar-refractivity contribution < 1.29 is 8.78 Å². The van der Waals surface area contributed by atoms with E-state index in [9.17, 15) is 8.78 Å². The molecule has 0 saturated heterocycles. The van der Waals surface area contributed by atoms with Crippen molar-refractivity contribution in [2.24, 2.45) is 5.41 Å². The van der Waals surface area contributed by atoms with Crippen molar-refractivity contribution in [3.63, 3.8) is 0 Å². The van der Waals surface area contributed by atoms with E-state index in [1.54, 1.807) is 0 Å². The van der Waals surface area contributed by atoms with Gasteiger partial charge in [0, 0.05) is 17.6 Å². The summed E-state index contributed by atoms with van der Waals surface area (Å²) in [6.45, 7) is 9.38. The number of halogens is 3. The summed E-state index contributed by atoms with van der Waals surface area (Å²) in [6.07, 6.45) is 1.50. The Hall–Kier alpha value is -0.670. The molecular formula is C15H22ClF2N. The first-order valence-electron chi connectivity index (χ1n) is 6.58. The third-order valence-electron chi connectivity index (χ3n) is 3.15. The van der Waals surface area contributed by atoms with Crippen molar-refractivity contribution >= 4 is 11.6 Å². The van der Waals surface area contributed by atoms with E-state index in [1.807, 2.05) is 0 Å². The average molecular weight is 290 g/mol. The van der Waals surface area contributed by atoms with Crippen LogP contribution in [-0.2, 0) is 6.42 Å². The Balaban J connectivity index is 2.63. The molecule has 108 valence electrons. The number of rotatable bonds is 6. The fourth-order valence-electron chi connectivity index (χ4n) is 1.80. The zero-order valence-electron chi connectivity index (χ0n) is 12.0. The predicted octanol–water partition coefficient (Wildman–Crippen LogP) is 4.58. The Bertz CT molecular complexity index is 430. The van der Waals surface area contributed by atoms with E-state index in [-0.39, 0.29) is 5.41 Å². The van der Waals surface area contributed by atoms with Gasteiger partial charge in [0.2, 0.25) is 0 Å². The Morgan fingerprint density at radius 1 is 1.21 bits per heavy atom. The van der Waals surface area contributed by atoms with E-state index in [1.165, 1.54) is 6.07 Å². The minimum absolute atomic E-state index is 0.0818. The first-order valence-corrected chi connectivity index (χ1v) is 6.96. The predicted molar refractivity (Wildman–Crippen MR) is 76.6 cm³/mol. The van der Waals surface area contributed by atoms with Crippen LogP contribution in [0.3, 0.4) is 0 Å². The molecule has 0 saturated carbocycles. The van der Waals surface area contributed by atoms with E-state index in [4.69, 9.17) is 11.6 Å². The summed E-state index contributed by atoms with van der Waals surface area (Å²) in [5, 5.41) is 3.69. The van der Waals surface area contributed by atoms with E-state index >= 15 is 0 Å². The van der Waals surface area contributed by atoms with Crippen LogP contribution in [0.25, 0.3) is 0 Å². The van der Waals surface area contributed by atoms with Crippen LogP contribution in [-0.4, -0.2) is 12.6 Å². The Morgan fingerprint density at radius 2 is 1.79 bits per heavy atom. The van der Waals surface area contributed by atoms with Crippen molar-refractivity contribution in [1.82, 2.24) is 5.32 Å². The van der Waals surface area contributed by atoms with Gasteiger partial charge in [-0.15, -0.1) is 0 Å². The summed E-state index contributed by atoms with van der Waals surface area (Å²) >= 11 is 5.94. The first-order chi connectivity index (χ1) is 8.71. The van der Waals surface area contributed by atoms with Crippen LogP contribution in [0.1, 0.15) is 39.7 Å². The molecule has 1 rings (SSSR count). The number of hydrogen-bond donors (Lipinski definition) is 1. The number of nitrogens with one attached hydrogen (secondary N) is 1. The summed E-state index contributed by atoms with van der Waals surface area (Å²) in [4.78, 5) is 0. The summed E-state index contributed by atoms with van der Waals surface area (Å²) in [5.74, 6) is -1.73. The molecule has 0 aliphatic rings. The molecule has 0 heterocycles. The highest BCUT2D eigenvalue weighted by atomic mass is 35.5. The van der Waals surface area contributed by atoms with Crippen LogP contribution >= 0.6 is 11.6 Å². The lowest BCUT2D eigenvalue weighted by molar-refractivity contribution is 0.304. The second-order valence-electron chi connectivity index (χ2n) is 6.06. The fraction of sp³-hybridized carbons (Fsp3) is 0.600. The lowest BCUT2D eigenvalue weighted by atomic mass is 9.86. The Labute approximate surface area is 119 Å². The Morgan fingerprint density at radius 3 is 2.37 bits per heavy atom. The molecule has 0 bridgehead atoms. The number of benzene rings is 1. The number of hydrogen-bond acceptors (Lipinski definition) is 1. The van der Waals surface area contributed by atoms with Gasteiger partial charge < -0.3 is 5.32 Å². The maximum absolute atomic E-state index is 13.2. The van der Waals surface area contributed by atoms with Crippen LogP contribution in [0.15, 0.2) is 12.1 Å². The topological polar surface area (TPSA) is 12.0 Å². The molecule has 0 amide bonds. The highest BCUT2D eigenvalue weighted by Crippen LogP contribution is 2.26. The molecule has 0 unspecified atom stereocenters. The first kappa shape index (κ1) is 16.4. The second-order valence-corrected chi connectivity index (χ2v) is 6.46. The van der Waals surface area contributed by atoms with Gasteiger partial charge in [-0.25, -0.2) is 8.78 Å².